The number of ether oxygens (including phenoxy) is 1. The second-order valence-electron chi connectivity index (χ2n) is 4.69. The van der Waals surface area contributed by atoms with E-state index in [2.05, 4.69) is 16.2 Å². The molecule has 1 aromatic carbocycles. The molecule has 1 aliphatic heterocycles. The van der Waals surface area contributed by atoms with Gasteiger partial charge in [-0.25, -0.2) is 10.9 Å². The molecule has 19 heavy (non-hydrogen) atoms. The Labute approximate surface area is 113 Å². The Hall–Kier alpha value is -1.59. The molecule has 2 unspecified atom stereocenters. The number of rotatable bonds is 5. The third kappa shape index (κ3) is 3.45. The van der Waals surface area contributed by atoms with Crippen LogP contribution in [0.25, 0.3) is 0 Å². The number of hydrogen-bond donors (Lipinski definition) is 3. The molecule has 5 nitrogen and oxygen atoms in total. The van der Waals surface area contributed by atoms with Gasteiger partial charge in [0.15, 0.2) is 0 Å². The van der Waals surface area contributed by atoms with Crippen molar-refractivity contribution >= 4 is 5.91 Å². The molecule has 2 rings (SSSR count). The van der Waals surface area contributed by atoms with Gasteiger partial charge in [-0.15, -0.1) is 0 Å². The predicted octanol–water partition coefficient (Wildman–Crippen LogP) is 1.48. The van der Waals surface area contributed by atoms with Gasteiger partial charge in [0.1, 0.15) is 5.75 Å². The Morgan fingerprint density at radius 3 is 2.95 bits per heavy atom. The quantitative estimate of drug-likeness (QED) is 0.753. The SMILES string of the molecule is CCCC(=O)NC1CC(c2ccccc2OC)NN1. The fourth-order valence-electron chi connectivity index (χ4n) is 2.30. The molecular weight excluding hydrogens is 242 g/mol. The first-order chi connectivity index (χ1) is 9.24. The lowest BCUT2D eigenvalue weighted by Gasteiger charge is -2.14. The van der Waals surface area contributed by atoms with Crippen molar-refractivity contribution in [3.05, 3.63) is 29.8 Å². The van der Waals surface area contributed by atoms with E-state index in [0.29, 0.717) is 6.42 Å². The summed E-state index contributed by atoms with van der Waals surface area (Å²) in [5.74, 6) is 0.949. The highest BCUT2D eigenvalue weighted by molar-refractivity contribution is 5.76. The highest BCUT2D eigenvalue weighted by Crippen LogP contribution is 2.29. The molecule has 2 atom stereocenters. The number of amides is 1. The number of hydrazine groups is 1. The van der Waals surface area contributed by atoms with E-state index in [1.165, 1.54) is 0 Å². The Morgan fingerprint density at radius 1 is 1.42 bits per heavy atom. The molecule has 0 spiro atoms. The average molecular weight is 263 g/mol. The molecule has 0 bridgehead atoms. The number of carbonyl (C=O) groups is 1. The molecule has 0 aliphatic carbocycles. The number of carbonyl (C=O) groups excluding carboxylic acids is 1. The number of benzene rings is 1. The minimum Gasteiger partial charge on any atom is -0.496 e. The summed E-state index contributed by atoms with van der Waals surface area (Å²) in [5.41, 5.74) is 7.41. The smallest absolute Gasteiger partial charge is 0.221 e. The Kier molecular flexibility index (Phi) is 4.76. The number of para-hydroxylation sites is 1. The van der Waals surface area contributed by atoms with Gasteiger partial charge in [-0.2, -0.15) is 0 Å². The van der Waals surface area contributed by atoms with E-state index < -0.39 is 0 Å². The lowest BCUT2D eigenvalue weighted by Crippen LogP contribution is -2.44. The molecule has 1 amide bonds. The Balaban J connectivity index is 1.96. The van der Waals surface area contributed by atoms with E-state index in [1.54, 1.807) is 7.11 Å². The van der Waals surface area contributed by atoms with Crippen molar-refractivity contribution in [2.45, 2.75) is 38.4 Å². The summed E-state index contributed by atoms with van der Waals surface area (Å²) >= 11 is 0. The van der Waals surface area contributed by atoms with Crippen LogP contribution in [0.5, 0.6) is 5.75 Å². The van der Waals surface area contributed by atoms with Crippen LogP contribution in [-0.4, -0.2) is 19.2 Å². The summed E-state index contributed by atoms with van der Waals surface area (Å²) in [7, 11) is 1.67. The zero-order valence-corrected chi connectivity index (χ0v) is 11.4. The lowest BCUT2D eigenvalue weighted by molar-refractivity contribution is -0.121. The fraction of sp³-hybridized carbons (Fsp3) is 0.500. The first kappa shape index (κ1) is 13.8. The van der Waals surface area contributed by atoms with Gasteiger partial charge >= 0.3 is 0 Å². The van der Waals surface area contributed by atoms with Crippen LogP contribution < -0.4 is 20.9 Å². The van der Waals surface area contributed by atoms with Crippen LogP contribution in [0.1, 0.15) is 37.8 Å². The minimum absolute atomic E-state index is 0.0334. The van der Waals surface area contributed by atoms with Crippen LogP contribution in [0.2, 0.25) is 0 Å². The molecule has 0 radical (unpaired) electrons. The first-order valence-corrected chi connectivity index (χ1v) is 6.68. The van der Waals surface area contributed by atoms with Gasteiger partial charge in [-0.1, -0.05) is 25.1 Å². The molecule has 5 heteroatoms. The molecule has 1 saturated heterocycles. The second-order valence-corrected chi connectivity index (χ2v) is 4.69. The van der Waals surface area contributed by atoms with Gasteiger partial charge in [0, 0.05) is 18.4 Å². The second kappa shape index (κ2) is 6.54. The monoisotopic (exact) mass is 263 g/mol. The lowest BCUT2D eigenvalue weighted by atomic mass is 10.0. The van der Waals surface area contributed by atoms with Crippen molar-refractivity contribution in [2.75, 3.05) is 7.11 Å². The maximum absolute atomic E-state index is 11.6. The van der Waals surface area contributed by atoms with Crippen LogP contribution in [-0.2, 0) is 4.79 Å². The van der Waals surface area contributed by atoms with Gasteiger partial charge in [-0.05, 0) is 12.5 Å². The third-order valence-electron chi connectivity index (χ3n) is 3.23. The van der Waals surface area contributed by atoms with Crippen molar-refractivity contribution in [3.63, 3.8) is 0 Å². The largest absolute Gasteiger partial charge is 0.496 e. The molecule has 1 aliphatic rings. The van der Waals surface area contributed by atoms with Crippen LogP contribution in [0.4, 0.5) is 0 Å². The normalized spacial score (nSPS) is 22.2. The van der Waals surface area contributed by atoms with Crippen LogP contribution in [0, 0.1) is 0 Å². The summed E-state index contributed by atoms with van der Waals surface area (Å²) in [6.45, 7) is 2.00. The Bertz CT molecular complexity index is 436. The first-order valence-electron chi connectivity index (χ1n) is 6.68. The van der Waals surface area contributed by atoms with Gasteiger partial charge in [-0.3, -0.25) is 4.79 Å². The van der Waals surface area contributed by atoms with Gasteiger partial charge < -0.3 is 10.1 Å². The maximum atomic E-state index is 11.6. The molecule has 1 aromatic rings. The third-order valence-corrected chi connectivity index (χ3v) is 3.23. The maximum Gasteiger partial charge on any atom is 0.221 e. The molecule has 0 saturated carbocycles. The van der Waals surface area contributed by atoms with Gasteiger partial charge in [0.05, 0.1) is 19.3 Å². The zero-order chi connectivity index (χ0) is 13.7. The van der Waals surface area contributed by atoms with Crippen LogP contribution in [0.3, 0.4) is 0 Å². The molecule has 1 heterocycles. The zero-order valence-electron chi connectivity index (χ0n) is 11.4. The topological polar surface area (TPSA) is 62.4 Å². The van der Waals surface area contributed by atoms with Crippen molar-refractivity contribution in [1.82, 2.24) is 16.2 Å². The summed E-state index contributed by atoms with van der Waals surface area (Å²) < 4.78 is 5.36. The molecule has 1 fully saturated rings. The van der Waals surface area contributed by atoms with Gasteiger partial charge in [0.2, 0.25) is 5.91 Å². The number of nitrogens with one attached hydrogen (secondary N) is 3. The van der Waals surface area contributed by atoms with E-state index >= 15 is 0 Å². The number of hydrogen-bond acceptors (Lipinski definition) is 4. The van der Waals surface area contributed by atoms with Crippen molar-refractivity contribution in [3.8, 4) is 5.75 Å². The highest BCUT2D eigenvalue weighted by atomic mass is 16.5. The predicted molar refractivity (Wildman–Crippen MR) is 73.5 cm³/mol. The minimum atomic E-state index is -0.0334. The van der Waals surface area contributed by atoms with Crippen molar-refractivity contribution < 1.29 is 9.53 Å². The number of methoxy groups -OCH3 is 1. The van der Waals surface area contributed by atoms with E-state index in [9.17, 15) is 4.79 Å². The van der Waals surface area contributed by atoms with Crippen molar-refractivity contribution in [1.29, 1.82) is 0 Å². The summed E-state index contributed by atoms with van der Waals surface area (Å²) in [6, 6.07) is 8.06. The average Bonchev–Trinajstić information content (AvgIpc) is 2.87. The fourth-order valence-corrected chi connectivity index (χ4v) is 2.30. The molecule has 0 aromatic heterocycles. The molecule has 104 valence electrons. The van der Waals surface area contributed by atoms with E-state index in [4.69, 9.17) is 4.74 Å². The summed E-state index contributed by atoms with van der Waals surface area (Å²) in [4.78, 5) is 11.6. The summed E-state index contributed by atoms with van der Waals surface area (Å²) in [6.07, 6.45) is 2.20. The van der Waals surface area contributed by atoms with E-state index in [1.807, 2.05) is 31.2 Å². The summed E-state index contributed by atoms with van der Waals surface area (Å²) in [5, 5.41) is 2.96. The van der Waals surface area contributed by atoms with Crippen LogP contribution >= 0.6 is 0 Å². The highest BCUT2D eigenvalue weighted by Gasteiger charge is 2.27. The Morgan fingerprint density at radius 2 is 2.21 bits per heavy atom. The van der Waals surface area contributed by atoms with E-state index in [-0.39, 0.29) is 18.1 Å². The molecular formula is C14H21N3O2. The standard InChI is InChI=1S/C14H21N3O2/c1-3-6-14(18)15-13-9-11(16-17-13)10-7-4-5-8-12(10)19-2/h4-5,7-8,11,13,16-17H,3,6,9H2,1-2H3,(H,15,18). The van der Waals surface area contributed by atoms with Crippen molar-refractivity contribution in [2.24, 2.45) is 0 Å². The van der Waals surface area contributed by atoms with E-state index in [0.717, 1.165) is 24.2 Å². The van der Waals surface area contributed by atoms with Crippen LogP contribution in [0.15, 0.2) is 24.3 Å². The molecule has 3 N–H and O–H groups in total. The van der Waals surface area contributed by atoms with Gasteiger partial charge in [0.25, 0.3) is 0 Å².